The van der Waals surface area contributed by atoms with Gasteiger partial charge in [0.15, 0.2) is 0 Å². The summed E-state index contributed by atoms with van der Waals surface area (Å²) in [5.74, 6) is 0. The fourth-order valence-corrected chi connectivity index (χ4v) is 0.596. The van der Waals surface area contributed by atoms with Crippen LogP contribution < -0.4 is 0 Å². The zero-order valence-electron chi connectivity index (χ0n) is 6.01. The van der Waals surface area contributed by atoms with E-state index >= 15 is 0 Å². The van der Waals surface area contributed by atoms with Crippen molar-refractivity contribution < 1.29 is 21.1 Å². The zero-order valence-corrected chi connectivity index (χ0v) is 8.02. The first-order chi connectivity index (χ1) is 3.13. The summed E-state index contributed by atoms with van der Waals surface area (Å²) in [6, 6.07) is 1.000. The van der Waals surface area contributed by atoms with Crippen LogP contribution in [0.3, 0.4) is 0 Å². The molecule has 0 atom stereocenters. The van der Waals surface area contributed by atoms with Crippen LogP contribution in [0.4, 0.5) is 0 Å². The molecule has 50 valence electrons. The molecule has 0 amide bonds. The topological polar surface area (TPSA) is 14.1 Å². The van der Waals surface area contributed by atoms with Crippen LogP contribution in [0.1, 0.15) is 27.7 Å². The smallest absolute Gasteiger partial charge is 0 e. The van der Waals surface area contributed by atoms with Gasteiger partial charge in [0.1, 0.15) is 0 Å². The average Bonchev–Trinajstić information content (AvgIpc) is 1.27. The van der Waals surface area contributed by atoms with Crippen LogP contribution in [0, 0.1) is 0 Å². The van der Waals surface area contributed by atoms with E-state index in [0.717, 1.165) is 0 Å². The van der Waals surface area contributed by atoms with Crippen LogP contribution in [0.5, 0.6) is 0 Å². The molecule has 2 heteroatoms. The largest absolute Gasteiger partial charge is 0.658 e. The predicted octanol–water partition coefficient (Wildman–Crippen LogP) is 2.17. The first kappa shape index (κ1) is 11.4. The number of nitrogens with zero attached hydrogens (tertiary/aromatic N) is 1. The summed E-state index contributed by atoms with van der Waals surface area (Å²) in [4.78, 5) is 0. The Hall–Kier alpha value is 0.648. The fourth-order valence-electron chi connectivity index (χ4n) is 0.596. The van der Waals surface area contributed by atoms with Gasteiger partial charge in [-0.2, -0.15) is 0 Å². The summed E-state index contributed by atoms with van der Waals surface area (Å²) in [7, 11) is 0. The third-order valence-electron chi connectivity index (χ3n) is 0.596. The molecule has 0 radical (unpaired) electrons. The second-order valence-electron chi connectivity index (χ2n) is 2.34. The molecular weight excluding hydrogens is 182 g/mol. The molecule has 0 aliphatic heterocycles. The van der Waals surface area contributed by atoms with Crippen molar-refractivity contribution >= 4 is 0 Å². The van der Waals surface area contributed by atoms with Crippen LogP contribution in [-0.4, -0.2) is 12.1 Å². The first-order valence-corrected chi connectivity index (χ1v) is 2.83. The maximum Gasteiger partial charge on any atom is 0 e. The molecule has 0 saturated heterocycles. The Labute approximate surface area is 66.5 Å². The van der Waals surface area contributed by atoms with Gasteiger partial charge in [-0.15, -0.1) is 12.1 Å². The normalized spacial score (nSPS) is 9.75. The third-order valence-corrected chi connectivity index (χ3v) is 0.596. The molecule has 0 N–H and O–H groups in total. The summed E-state index contributed by atoms with van der Waals surface area (Å²) in [5.41, 5.74) is 0. The quantitative estimate of drug-likeness (QED) is 0.601. The van der Waals surface area contributed by atoms with Crippen LogP contribution in [0.15, 0.2) is 0 Å². The molecule has 0 unspecified atom stereocenters. The van der Waals surface area contributed by atoms with Gasteiger partial charge in [-0.05, 0) is 0 Å². The van der Waals surface area contributed by atoms with Crippen LogP contribution >= 0.6 is 0 Å². The molecular formula is C6H14MoN-. The summed E-state index contributed by atoms with van der Waals surface area (Å²) in [6.45, 7) is 8.39. The van der Waals surface area contributed by atoms with E-state index in [0.29, 0.717) is 12.1 Å². The van der Waals surface area contributed by atoms with Crippen molar-refractivity contribution in [3.63, 3.8) is 0 Å². The first-order valence-electron chi connectivity index (χ1n) is 2.83. The summed E-state index contributed by atoms with van der Waals surface area (Å²) < 4.78 is 0. The minimum absolute atomic E-state index is 0. The molecule has 1 nitrogen and oxygen atoms in total. The van der Waals surface area contributed by atoms with Crippen molar-refractivity contribution in [2.75, 3.05) is 0 Å². The van der Waals surface area contributed by atoms with E-state index in [1.165, 1.54) is 0 Å². The SMILES string of the molecule is CC(C)[N-]C(C)C.[Mo]. The van der Waals surface area contributed by atoms with Crippen molar-refractivity contribution in [1.29, 1.82) is 0 Å². The third kappa shape index (κ3) is 9.82. The van der Waals surface area contributed by atoms with E-state index in [1.54, 1.807) is 0 Å². The number of hydrogen-bond acceptors (Lipinski definition) is 0. The minimum atomic E-state index is 0. The Morgan fingerprint density at radius 3 is 1.12 bits per heavy atom. The van der Waals surface area contributed by atoms with Crippen molar-refractivity contribution in [3.05, 3.63) is 5.32 Å². The van der Waals surface area contributed by atoms with Crippen molar-refractivity contribution in [2.24, 2.45) is 0 Å². The second-order valence-corrected chi connectivity index (χ2v) is 2.34. The Morgan fingerprint density at radius 2 is 1.12 bits per heavy atom. The maximum atomic E-state index is 4.28. The Bertz CT molecular complexity index is 37.8. The van der Waals surface area contributed by atoms with Crippen molar-refractivity contribution in [1.82, 2.24) is 0 Å². The fraction of sp³-hybridized carbons (Fsp3) is 1.00. The van der Waals surface area contributed by atoms with E-state index in [2.05, 4.69) is 33.0 Å². The summed E-state index contributed by atoms with van der Waals surface area (Å²) >= 11 is 0. The van der Waals surface area contributed by atoms with E-state index < -0.39 is 0 Å². The minimum Gasteiger partial charge on any atom is -0.658 e. The van der Waals surface area contributed by atoms with Gasteiger partial charge >= 0.3 is 0 Å². The number of rotatable bonds is 2. The van der Waals surface area contributed by atoms with Crippen LogP contribution in [0.2, 0.25) is 0 Å². The second kappa shape index (κ2) is 5.78. The van der Waals surface area contributed by atoms with E-state index in [9.17, 15) is 0 Å². The monoisotopic (exact) mass is 198 g/mol. The Kier molecular flexibility index (Phi) is 8.27. The molecule has 0 rings (SSSR count). The van der Waals surface area contributed by atoms with Gasteiger partial charge < -0.3 is 5.32 Å². The molecule has 0 heterocycles. The maximum absolute atomic E-state index is 4.28. The van der Waals surface area contributed by atoms with Gasteiger partial charge in [-0.3, -0.25) is 0 Å². The van der Waals surface area contributed by atoms with Crippen molar-refractivity contribution in [2.45, 2.75) is 39.8 Å². The van der Waals surface area contributed by atoms with E-state index in [-0.39, 0.29) is 21.1 Å². The van der Waals surface area contributed by atoms with E-state index in [4.69, 9.17) is 0 Å². The standard InChI is InChI=1S/C6H14N.Mo/c1-5(2)7-6(3)4;/h5-6H,1-4H3;/q-1;. The molecule has 0 aliphatic rings. The number of hydrogen-bond donors (Lipinski definition) is 0. The predicted molar refractivity (Wildman–Crippen MR) is 33.6 cm³/mol. The molecule has 0 saturated carbocycles. The van der Waals surface area contributed by atoms with Gasteiger partial charge in [-0.25, -0.2) is 0 Å². The van der Waals surface area contributed by atoms with Gasteiger partial charge in [0.05, 0.1) is 0 Å². The molecule has 0 aromatic rings. The molecule has 0 aromatic carbocycles. The Morgan fingerprint density at radius 1 is 0.875 bits per heavy atom. The molecule has 0 aromatic heterocycles. The van der Waals surface area contributed by atoms with Gasteiger partial charge in [0.2, 0.25) is 0 Å². The van der Waals surface area contributed by atoms with Gasteiger partial charge in [0.25, 0.3) is 0 Å². The summed E-state index contributed by atoms with van der Waals surface area (Å²) in [6.07, 6.45) is 0. The van der Waals surface area contributed by atoms with Crippen molar-refractivity contribution in [3.8, 4) is 0 Å². The van der Waals surface area contributed by atoms with Gasteiger partial charge in [-0.1, -0.05) is 27.7 Å². The Balaban J connectivity index is 0. The summed E-state index contributed by atoms with van der Waals surface area (Å²) in [5, 5.41) is 4.28. The molecule has 0 fully saturated rings. The van der Waals surface area contributed by atoms with E-state index in [1.807, 2.05) is 0 Å². The molecule has 8 heavy (non-hydrogen) atoms. The van der Waals surface area contributed by atoms with Crippen LogP contribution in [-0.2, 0) is 21.1 Å². The zero-order chi connectivity index (χ0) is 5.86. The average molecular weight is 196 g/mol. The van der Waals surface area contributed by atoms with Gasteiger partial charge in [0, 0.05) is 21.1 Å². The van der Waals surface area contributed by atoms with Crippen LogP contribution in [0.25, 0.3) is 5.32 Å². The molecule has 0 bridgehead atoms. The molecule has 0 spiro atoms. The molecule has 0 aliphatic carbocycles.